The molecule has 0 spiro atoms. The van der Waals surface area contributed by atoms with Gasteiger partial charge in [-0.15, -0.1) is 0 Å². The molecule has 2 aliphatic rings. The standard InChI is InChI=1S/C13H25N.C7H7N3.C3H6N2OS.C2H6.CH3N/c1-3-4-5-11-8-12-6-7-14(2)10-13(12)9-11;1-5-6-2-3-8-7(6)10-4-9-5;4-1-7-3-5-2-6;2*1-2/h11-13H,3-10H2,1-2H3;2-4H,1H3,(H,8,9,10);1-2,4H,3H2,(H,5,6);1-2H3;2H,1H2. The van der Waals surface area contributed by atoms with Crippen LogP contribution in [-0.2, 0) is 4.79 Å². The molecule has 0 aromatic carbocycles. The molecule has 1 saturated carbocycles. The summed E-state index contributed by atoms with van der Waals surface area (Å²) >= 11 is 1.23. The average molecular weight is 506 g/mol. The number of carbonyl (C=O) groups is 1. The van der Waals surface area contributed by atoms with Crippen LogP contribution in [0.1, 0.15) is 65.0 Å². The molecule has 4 N–H and O–H groups in total. The molecule has 1 aliphatic carbocycles. The number of hydrogen-bond donors (Lipinski definition) is 4. The van der Waals surface area contributed by atoms with E-state index in [1.807, 2.05) is 33.0 Å². The fraction of sp³-hybridized carbons (Fsp3) is 0.654. The molecule has 3 heterocycles. The molecule has 1 aliphatic heterocycles. The van der Waals surface area contributed by atoms with E-state index in [9.17, 15) is 4.79 Å². The van der Waals surface area contributed by atoms with E-state index in [0.29, 0.717) is 12.3 Å². The van der Waals surface area contributed by atoms with Gasteiger partial charge in [-0.25, -0.2) is 9.97 Å². The third kappa shape index (κ3) is 12.9. The average Bonchev–Trinajstić information content (AvgIpc) is 3.54. The molecular weight excluding hydrogens is 458 g/mol. The number of aromatic nitrogens is 3. The first kappa shape index (κ1) is 32.7. The van der Waals surface area contributed by atoms with E-state index in [4.69, 9.17) is 10.8 Å². The lowest BCUT2D eigenvalue weighted by molar-refractivity contribution is -0.109. The van der Waals surface area contributed by atoms with Crippen LogP contribution in [0.5, 0.6) is 0 Å². The fourth-order valence-corrected chi connectivity index (χ4v) is 4.89. The van der Waals surface area contributed by atoms with Gasteiger partial charge in [-0.2, -0.15) is 0 Å². The minimum Gasteiger partial charge on any atom is -0.349 e. The summed E-state index contributed by atoms with van der Waals surface area (Å²) in [5.41, 5.74) is 3.11. The number of aromatic amines is 1. The molecule has 9 heteroatoms. The Balaban J connectivity index is 0.000000486. The number of amides is 1. The van der Waals surface area contributed by atoms with Crippen molar-refractivity contribution < 1.29 is 4.79 Å². The molecule has 2 aromatic heterocycles. The van der Waals surface area contributed by atoms with Crippen LogP contribution in [0.2, 0.25) is 0 Å². The number of fused-ring (bicyclic) bond motifs is 2. The molecule has 0 radical (unpaired) electrons. The van der Waals surface area contributed by atoms with Crippen LogP contribution < -0.4 is 5.32 Å². The zero-order chi connectivity index (χ0) is 26.5. The Morgan fingerprint density at radius 2 is 2.00 bits per heavy atom. The molecule has 35 heavy (non-hydrogen) atoms. The maximum absolute atomic E-state index is 9.48. The molecule has 2 aromatic rings. The normalized spacial score (nSPS) is 20.2. The molecule has 4 rings (SSSR count). The van der Waals surface area contributed by atoms with Gasteiger partial charge < -0.3 is 26.0 Å². The third-order valence-electron chi connectivity index (χ3n) is 6.22. The van der Waals surface area contributed by atoms with Crippen LogP contribution in [0.4, 0.5) is 0 Å². The van der Waals surface area contributed by atoms with Gasteiger partial charge in [-0.3, -0.25) is 4.79 Å². The van der Waals surface area contributed by atoms with E-state index in [0.717, 1.165) is 34.5 Å². The first-order valence-corrected chi connectivity index (χ1v) is 13.7. The number of likely N-dealkylation sites (tertiary alicyclic amines) is 1. The quantitative estimate of drug-likeness (QED) is 0.126. The van der Waals surface area contributed by atoms with E-state index >= 15 is 0 Å². The van der Waals surface area contributed by atoms with Gasteiger partial charge in [0.25, 0.3) is 0 Å². The summed E-state index contributed by atoms with van der Waals surface area (Å²) in [7, 11) is 2.29. The van der Waals surface area contributed by atoms with Crippen LogP contribution in [0.15, 0.2) is 18.6 Å². The van der Waals surface area contributed by atoms with E-state index in [2.05, 4.69) is 45.9 Å². The number of carbonyl (C=O) groups excluding carboxylic acids is 1. The third-order valence-corrected chi connectivity index (χ3v) is 6.72. The van der Waals surface area contributed by atoms with Gasteiger partial charge in [0.2, 0.25) is 6.41 Å². The monoisotopic (exact) mass is 505 g/mol. The number of rotatable bonds is 7. The fourth-order valence-electron chi connectivity index (χ4n) is 4.65. The molecule has 3 unspecified atom stereocenters. The van der Waals surface area contributed by atoms with Crippen molar-refractivity contribution in [2.75, 3.05) is 26.0 Å². The van der Waals surface area contributed by atoms with Crippen LogP contribution in [0, 0.1) is 35.5 Å². The number of nitrogens with one attached hydrogen (secondary N) is 4. The lowest BCUT2D eigenvalue weighted by Crippen LogP contribution is -2.35. The van der Waals surface area contributed by atoms with Gasteiger partial charge in [0, 0.05) is 18.1 Å². The van der Waals surface area contributed by atoms with Crippen molar-refractivity contribution in [3.05, 3.63) is 24.3 Å². The highest BCUT2D eigenvalue weighted by Gasteiger charge is 2.36. The van der Waals surface area contributed by atoms with Crippen molar-refractivity contribution in [1.82, 2.24) is 25.2 Å². The number of hydrogen-bond acceptors (Lipinski definition) is 7. The van der Waals surface area contributed by atoms with E-state index in [1.54, 1.807) is 12.7 Å². The van der Waals surface area contributed by atoms with Gasteiger partial charge in [-0.05, 0) is 70.3 Å². The largest absolute Gasteiger partial charge is 0.349 e. The summed E-state index contributed by atoms with van der Waals surface area (Å²) in [4.78, 5) is 23.1. The summed E-state index contributed by atoms with van der Waals surface area (Å²) in [6, 6.07) is 1.98. The summed E-state index contributed by atoms with van der Waals surface area (Å²) in [5.74, 6) is 3.72. The second-order valence-electron chi connectivity index (χ2n) is 8.50. The lowest BCUT2D eigenvalue weighted by Gasteiger charge is -2.32. The Bertz CT molecular complexity index is 793. The molecule has 1 saturated heterocycles. The number of aryl methyl sites for hydroxylation is 1. The van der Waals surface area contributed by atoms with Crippen molar-refractivity contribution in [2.24, 2.45) is 17.8 Å². The summed E-state index contributed by atoms with van der Waals surface area (Å²) in [6.45, 7) is 13.5. The Labute approximate surface area is 216 Å². The van der Waals surface area contributed by atoms with Crippen LogP contribution in [-0.4, -0.2) is 64.5 Å². The zero-order valence-corrected chi connectivity index (χ0v) is 23.2. The highest BCUT2D eigenvalue weighted by atomic mass is 32.2. The Morgan fingerprint density at radius 1 is 1.29 bits per heavy atom. The summed E-state index contributed by atoms with van der Waals surface area (Å²) in [5, 5.41) is 15.4. The van der Waals surface area contributed by atoms with Crippen LogP contribution in [0.3, 0.4) is 0 Å². The Kier molecular flexibility index (Phi) is 19.7. The second-order valence-corrected chi connectivity index (χ2v) is 9.36. The first-order chi connectivity index (χ1) is 17.1. The van der Waals surface area contributed by atoms with E-state index in [1.165, 1.54) is 62.5 Å². The minimum absolute atomic E-state index is 0.493. The number of nitrogens with zero attached hydrogens (tertiary/aromatic N) is 3. The molecule has 8 nitrogen and oxygen atoms in total. The molecule has 0 bridgehead atoms. The molecular formula is C26H47N7OS. The summed E-state index contributed by atoms with van der Waals surface area (Å²) in [6.07, 6.45) is 13.0. The predicted octanol–water partition coefficient (Wildman–Crippen LogP) is 5.74. The second kappa shape index (κ2) is 21.1. The molecule has 1 amide bonds. The smallest absolute Gasteiger partial charge is 0.207 e. The van der Waals surface area contributed by atoms with Crippen molar-refractivity contribution >= 4 is 41.5 Å². The molecule has 2 fully saturated rings. The first-order valence-electron chi connectivity index (χ1n) is 12.6. The van der Waals surface area contributed by atoms with Gasteiger partial charge in [0.05, 0.1) is 17.1 Å². The van der Waals surface area contributed by atoms with Crippen molar-refractivity contribution in [3.8, 4) is 0 Å². The predicted molar refractivity (Wildman–Crippen MR) is 152 cm³/mol. The number of piperidine rings is 1. The Hall–Kier alpha value is -2.26. The minimum atomic E-state index is 0.493. The van der Waals surface area contributed by atoms with Crippen LogP contribution >= 0.6 is 11.8 Å². The topological polar surface area (TPSA) is 122 Å². The number of H-pyrrole nitrogens is 1. The van der Waals surface area contributed by atoms with Crippen molar-refractivity contribution in [3.63, 3.8) is 0 Å². The SMILES string of the molecule is C=N.CC.CCCCC1CC2CCN(C)CC2C1.Cc1ncnc2[nH]ccc12.N=CSCNC=O. The zero-order valence-electron chi connectivity index (χ0n) is 22.3. The highest BCUT2D eigenvalue weighted by Crippen LogP contribution is 2.42. The van der Waals surface area contributed by atoms with Gasteiger partial charge in [0.15, 0.2) is 0 Å². The summed E-state index contributed by atoms with van der Waals surface area (Å²) < 4.78 is 0. The number of unbranched alkanes of at least 4 members (excludes halogenated alkanes) is 1. The highest BCUT2D eigenvalue weighted by molar-refractivity contribution is 8.11. The van der Waals surface area contributed by atoms with Crippen LogP contribution in [0.25, 0.3) is 11.0 Å². The van der Waals surface area contributed by atoms with Gasteiger partial charge in [0.1, 0.15) is 12.0 Å². The Morgan fingerprint density at radius 3 is 2.63 bits per heavy atom. The maximum atomic E-state index is 9.48. The molecule has 3 atom stereocenters. The van der Waals surface area contributed by atoms with Gasteiger partial charge >= 0.3 is 0 Å². The van der Waals surface area contributed by atoms with Crippen molar-refractivity contribution in [1.29, 1.82) is 10.8 Å². The van der Waals surface area contributed by atoms with E-state index in [-0.39, 0.29) is 0 Å². The van der Waals surface area contributed by atoms with E-state index < -0.39 is 0 Å². The maximum Gasteiger partial charge on any atom is 0.207 e. The van der Waals surface area contributed by atoms with Gasteiger partial charge in [-0.1, -0.05) is 51.8 Å². The number of thioether (sulfide) groups is 1. The van der Waals surface area contributed by atoms with Crippen molar-refractivity contribution in [2.45, 2.75) is 66.2 Å². The lowest BCUT2D eigenvalue weighted by atomic mass is 9.89. The molecule has 198 valence electrons.